The molecule has 0 unspecified atom stereocenters. The van der Waals surface area contributed by atoms with Gasteiger partial charge in [0.2, 0.25) is 0 Å². The highest BCUT2D eigenvalue weighted by molar-refractivity contribution is 9.10. The second-order valence-corrected chi connectivity index (χ2v) is 4.31. The number of halogens is 1. The third-order valence-electron chi connectivity index (χ3n) is 2.34. The van der Waals surface area contributed by atoms with Gasteiger partial charge in [0.1, 0.15) is 0 Å². The number of hydrogen-bond acceptors (Lipinski definition) is 1. The third-order valence-corrected chi connectivity index (χ3v) is 2.83. The highest BCUT2D eigenvalue weighted by Crippen LogP contribution is 2.14. The van der Waals surface area contributed by atoms with E-state index in [1.807, 2.05) is 44.2 Å². The molecule has 0 heterocycles. The number of rotatable bonds is 4. The summed E-state index contributed by atoms with van der Waals surface area (Å²) in [6, 6.07) is 7.88. The molecule has 15 heavy (non-hydrogen) atoms. The molecule has 0 atom stereocenters. The second-order valence-electron chi connectivity index (χ2n) is 3.40. The monoisotopic (exact) mass is 266 g/mol. The molecule has 0 aliphatic heterocycles. The van der Waals surface area contributed by atoms with Crippen molar-refractivity contribution in [2.75, 3.05) is 0 Å². The molecule has 0 N–H and O–H groups in total. The van der Waals surface area contributed by atoms with E-state index in [2.05, 4.69) is 15.9 Å². The standard InChI is InChI=1S/C13H15BrO/c1-3-11(4-2)13(15)9-10-6-5-7-12(14)8-10/h3,5-8H,4,9H2,1-2H3/b11-3-. The van der Waals surface area contributed by atoms with E-state index in [0.29, 0.717) is 6.42 Å². The summed E-state index contributed by atoms with van der Waals surface area (Å²) in [5.41, 5.74) is 1.97. The van der Waals surface area contributed by atoms with E-state index in [0.717, 1.165) is 22.0 Å². The zero-order valence-corrected chi connectivity index (χ0v) is 10.7. The van der Waals surface area contributed by atoms with E-state index in [-0.39, 0.29) is 5.78 Å². The van der Waals surface area contributed by atoms with Crippen molar-refractivity contribution in [1.82, 2.24) is 0 Å². The first-order chi connectivity index (χ1) is 7.17. The van der Waals surface area contributed by atoms with Crippen molar-refractivity contribution in [3.8, 4) is 0 Å². The molecule has 0 amide bonds. The Morgan fingerprint density at radius 1 is 1.47 bits per heavy atom. The van der Waals surface area contributed by atoms with E-state index in [1.54, 1.807) is 0 Å². The molecule has 1 rings (SSSR count). The van der Waals surface area contributed by atoms with Gasteiger partial charge in [0.05, 0.1) is 0 Å². The quantitative estimate of drug-likeness (QED) is 0.756. The summed E-state index contributed by atoms with van der Waals surface area (Å²) in [5, 5.41) is 0. The van der Waals surface area contributed by atoms with E-state index >= 15 is 0 Å². The molecule has 0 aromatic heterocycles. The van der Waals surface area contributed by atoms with Crippen LogP contribution in [0.15, 0.2) is 40.4 Å². The summed E-state index contributed by atoms with van der Waals surface area (Å²) in [7, 11) is 0. The van der Waals surface area contributed by atoms with Crippen LogP contribution in [0.2, 0.25) is 0 Å². The fraction of sp³-hybridized carbons (Fsp3) is 0.308. The summed E-state index contributed by atoms with van der Waals surface area (Å²) in [6.45, 7) is 3.92. The maximum Gasteiger partial charge on any atom is 0.162 e. The normalized spacial score (nSPS) is 11.5. The van der Waals surface area contributed by atoms with Gasteiger partial charge in [0.15, 0.2) is 5.78 Å². The Kier molecular flexibility index (Phi) is 4.76. The van der Waals surface area contributed by atoms with E-state index in [9.17, 15) is 4.79 Å². The summed E-state index contributed by atoms with van der Waals surface area (Å²) in [4.78, 5) is 11.8. The Labute approximate surface area is 99.3 Å². The van der Waals surface area contributed by atoms with Crippen molar-refractivity contribution in [3.05, 3.63) is 46.0 Å². The molecule has 2 heteroatoms. The van der Waals surface area contributed by atoms with Gasteiger partial charge in [-0.15, -0.1) is 0 Å². The molecule has 0 saturated heterocycles. The van der Waals surface area contributed by atoms with Gasteiger partial charge in [-0.3, -0.25) is 4.79 Å². The number of hydrogen-bond donors (Lipinski definition) is 0. The van der Waals surface area contributed by atoms with Crippen LogP contribution in [-0.2, 0) is 11.2 Å². The summed E-state index contributed by atoms with van der Waals surface area (Å²) in [5.74, 6) is 0.220. The predicted molar refractivity (Wildman–Crippen MR) is 66.9 cm³/mol. The van der Waals surface area contributed by atoms with Gasteiger partial charge < -0.3 is 0 Å². The predicted octanol–water partition coefficient (Wildman–Crippen LogP) is 3.92. The van der Waals surface area contributed by atoms with Gasteiger partial charge in [-0.05, 0) is 36.6 Å². The van der Waals surface area contributed by atoms with E-state index in [4.69, 9.17) is 0 Å². The number of Topliss-reactive ketones (excluding diaryl/α,β-unsaturated/α-hetero) is 1. The first kappa shape index (κ1) is 12.2. The van der Waals surface area contributed by atoms with Crippen molar-refractivity contribution in [1.29, 1.82) is 0 Å². The average Bonchev–Trinajstić information content (AvgIpc) is 2.19. The van der Waals surface area contributed by atoms with Crippen LogP contribution >= 0.6 is 15.9 Å². The summed E-state index contributed by atoms with van der Waals surface area (Å²) >= 11 is 3.40. The molecule has 1 aromatic rings. The maximum absolute atomic E-state index is 11.8. The largest absolute Gasteiger partial charge is 0.294 e. The Balaban J connectivity index is 2.74. The molecule has 0 spiro atoms. The fourth-order valence-electron chi connectivity index (χ4n) is 1.51. The van der Waals surface area contributed by atoms with Gasteiger partial charge in [-0.2, -0.15) is 0 Å². The summed E-state index contributed by atoms with van der Waals surface area (Å²) < 4.78 is 1.02. The minimum absolute atomic E-state index is 0.220. The Morgan fingerprint density at radius 2 is 2.20 bits per heavy atom. The molecule has 80 valence electrons. The Bertz CT molecular complexity index is 380. The van der Waals surface area contributed by atoms with Crippen LogP contribution in [0, 0.1) is 0 Å². The molecule has 0 saturated carbocycles. The zero-order valence-electron chi connectivity index (χ0n) is 9.09. The van der Waals surface area contributed by atoms with Gasteiger partial charge in [-0.1, -0.05) is 41.1 Å². The van der Waals surface area contributed by atoms with Crippen LogP contribution < -0.4 is 0 Å². The fourth-order valence-corrected chi connectivity index (χ4v) is 1.95. The zero-order chi connectivity index (χ0) is 11.3. The van der Waals surface area contributed by atoms with Gasteiger partial charge in [0, 0.05) is 10.9 Å². The lowest BCUT2D eigenvalue weighted by atomic mass is 10.0. The highest BCUT2D eigenvalue weighted by Gasteiger charge is 2.07. The molecule has 0 fully saturated rings. The first-order valence-corrected chi connectivity index (χ1v) is 5.89. The van der Waals surface area contributed by atoms with Crippen LogP contribution in [0.3, 0.4) is 0 Å². The molecule has 0 bridgehead atoms. The van der Waals surface area contributed by atoms with Crippen LogP contribution in [0.4, 0.5) is 0 Å². The average molecular weight is 267 g/mol. The Morgan fingerprint density at radius 3 is 2.73 bits per heavy atom. The number of ketones is 1. The molecule has 0 radical (unpaired) electrons. The second kappa shape index (κ2) is 5.86. The van der Waals surface area contributed by atoms with E-state index < -0.39 is 0 Å². The van der Waals surface area contributed by atoms with Crippen LogP contribution in [0.5, 0.6) is 0 Å². The van der Waals surface area contributed by atoms with Gasteiger partial charge in [0.25, 0.3) is 0 Å². The van der Waals surface area contributed by atoms with Gasteiger partial charge in [-0.25, -0.2) is 0 Å². The van der Waals surface area contributed by atoms with Crippen molar-refractivity contribution < 1.29 is 4.79 Å². The number of carbonyl (C=O) groups is 1. The Hall–Kier alpha value is -0.890. The lowest BCUT2D eigenvalue weighted by molar-refractivity contribution is -0.115. The molecular formula is C13H15BrO. The van der Waals surface area contributed by atoms with Crippen LogP contribution in [0.25, 0.3) is 0 Å². The third kappa shape index (κ3) is 3.63. The minimum Gasteiger partial charge on any atom is -0.294 e. The smallest absolute Gasteiger partial charge is 0.162 e. The van der Waals surface area contributed by atoms with Crippen molar-refractivity contribution in [2.45, 2.75) is 26.7 Å². The van der Waals surface area contributed by atoms with Crippen molar-refractivity contribution in [2.24, 2.45) is 0 Å². The van der Waals surface area contributed by atoms with Crippen LogP contribution in [-0.4, -0.2) is 5.78 Å². The van der Waals surface area contributed by atoms with Crippen molar-refractivity contribution in [3.63, 3.8) is 0 Å². The minimum atomic E-state index is 0.220. The first-order valence-electron chi connectivity index (χ1n) is 5.10. The van der Waals surface area contributed by atoms with Crippen molar-refractivity contribution >= 4 is 21.7 Å². The number of carbonyl (C=O) groups excluding carboxylic acids is 1. The van der Waals surface area contributed by atoms with E-state index in [1.165, 1.54) is 0 Å². The number of allylic oxidation sites excluding steroid dienone is 2. The molecule has 0 aliphatic rings. The molecule has 0 aliphatic carbocycles. The molecular weight excluding hydrogens is 252 g/mol. The topological polar surface area (TPSA) is 17.1 Å². The summed E-state index contributed by atoms with van der Waals surface area (Å²) in [6.07, 6.45) is 3.20. The van der Waals surface area contributed by atoms with Crippen LogP contribution in [0.1, 0.15) is 25.8 Å². The SMILES string of the molecule is C/C=C(/CC)C(=O)Cc1cccc(Br)c1. The number of benzene rings is 1. The molecule has 1 aromatic carbocycles. The van der Waals surface area contributed by atoms with Gasteiger partial charge >= 0.3 is 0 Å². The lowest BCUT2D eigenvalue weighted by Gasteiger charge is -2.03. The maximum atomic E-state index is 11.8. The highest BCUT2D eigenvalue weighted by atomic mass is 79.9. The molecule has 1 nitrogen and oxygen atoms in total. The lowest BCUT2D eigenvalue weighted by Crippen LogP contribution is -2.05.